The van der Waals surface area contributed by atoms with Crippen LogP contribution in [0.1, 0.15) is 24.8 Å². The molecule has 2 aromatic carbocycles. The minimum Gasteiger partial charge on any atom is -0.339 e. The fourth-order valence-corrected chi connectivity index (χ4v) is 4.15. The average Bonchev–Trinajstić information content (AvgIpc) is 2.84. The van der Waals surface area contributed by atoms with Crippen molar-refractivity contribution in [2.24, 2.45) is 0 Å². The number of piperazine rings is 1. The van der Waals surface area contributed by atoms with Gasteiger partial charge in [-0.2, -0.15) is 5.10 Å². The quantitative estimate of drug-likeness (QED) is 0.575. The minimum absolute atomic E-state index is 0.0470. The molecule has 2 amide bonds. The Bertz CT molecular complexity index is 1130. The molecule has 7 heteroatoms. The van der Waals surface area contributed by atoms with Crippen molar-refractivity contribution in [2.45, 2.75) is 32.2 Å². The van der Waals surface area contributed by atoms with Gasteiger partial charge in [0, 0.05) is 44.4 Å². The second-order valence-corrected chi connectivity index (χ2v) is 8.10. The van der Waals surface area contributed by atoms with Crippen molar-refractivity contribution in [2.75, 3.05) is 26.2 Å². The summed E-state index contributed by atoms with van der Waals surface area (Å²) in [7, 11) is 0. The smallest absolute Gasteiger partial charge is 0.224 e. The molecule has 1 aliphatic rings. The van der Waals surface area contributed by atoms with Gasteiger partial charge in [-0.05, 0) is 30.5 Å². The van der Waals surface area contributed by atoms with Crippen LogP contribution in [0.15, 0.2) is 65.6 Å². The molecule has 2 heterocycles. The molecule has 0 N–H and O–H groups in total. The fraction of sp³-hybridized carbons (Fsp3) is 0.360. The SMILES string of the molecule is O=C(CCCc1ccccc1)N1CCN(C(=O)CCn2ncc(=O)c3ccccc32)CC1. The summed E-state index contributed by atoms with van der Waals surface area (Å²) >= 11 is 0. The lowest BCUT2D eigenvalue weighted by molar-refractivity contribution is -0.139. The molecule has 0 spiro atoms. The number of amides is 2. The van der Waals surface area contributed by atoms with Gasteiger partial charge in [0.25, 0.3) is 0 Å². The van der Waals surface area contributed by atoms with Crippen molar-refractivity contribution in [3.8, 4) is 0 Å². The molecule has 7 nitrogen and oxygen atoms in total. The van der Waals surface area contributed by atoms with E-state index < -0.39 is 0 Å². The molecule has 4 rings (SSSR count). The summed E-state index contributed by atoms with van der Waals surface area (Å²) in [5.41, 5.74) is 1.87. The number of carbonyl (C=O) groups is 2. The highest BCUT2D eigenvalue weighted by Crippen LogP contribution is 2.12. The third-order valence-electron chi connectivity index (χ3n) is 5.98. The van der Waals surface area contributed by atoms with E-state index in [4.69, 9.17) is 0 Å². The first-order valence-corrected chi connectivity index (χ1v) is 11.2. The summed E-state index contributed by atoms with van der Waals surface area (Å²) in [6, 6.07) is 17.5. The van der Waals surface area contributed by atoms with Crippen LogP contribution in [0.3, 0.4) is 0 Å². The zero-order chi connectivity index (χ0) is 22.3. The lowest BCUT2D eigenvalue weighted by atomic mass is 10.1. The molecule has 0 saturated carbocycles. The maximum Gasteiger partial charge on any atom is 0.224 e. The van der Waals surface area contributed by atoms with Crippen LogP contribution in [-0.2, 0) is 22.6 Å². The van der Waals surface area contributed by atoms with Crippen molar-refractivity contribution in [1.82, 2.24) is 19.6 Å². The molecule has 1 saturated heterocycles. The van der Waals surface area contributed by atoms with E-state index in [0.29, 0.717) is 51.0 Å². The first-order valence-electron chi connectivity index (χ1n) is 11.2. The maximum atomic E-state index is 12.7. The summed E-state index contributed by atoms with van der Waals surface area (Å²) in [4.78, 5) is 40.9. The Morgan fingerprint density at radius 2 is 1.44 bits per heavy atom. The van der Waals surface area contributed by atoms with Crippen LogP contribution in [0.4, 0.5) is 0 Å². The van der Waals surface area contributed by atoms with E-state index in [2.05, 4.69) is 17.2 Å². The Hall–Kier alpha value is -3.48. The van der Waals surface area contributed by atoms with Gasteiger partial charge in [-0.1, -0.05) is 42.5 Å². The molecular weight excluding hydrogens is 404 g/mol. The Morgan fingerprint density at radius 3 is 2.16 bits per heavy atom. The van der Waals surface area contributed by atoms with Gasteiger partial charge in [-0.25, -0.2) is 0 Å². The summed E-state index contributed by atoms with van der Waals surface area (Å²) < 4.78 is 1.71. The van der Waals surface area contributed by atoms with Crippen LogP contribution in [0.5, 0.6) is 0 Å². The zero-order valence-electron chi connectivity index (χ0n) is 18.2. The monoisotopic (exact) mass is 432 g/mol. The Kier molecular flexibility index (Phi) is 6.94. The Labute approximate surface area is 187 Å². The molecule has 0 aliphatic carbocycles. The van der Waals surface area contributed by atoms with Crippen molar-refractivity contribution in [3.63, 3.8) is 0 Å². The maximum absolute atomic E-state index is 12.7. The first-order chi connectivity index (χ1) is 15.6. The van der Waals surface area contributed by atoms with Gasteiger partial charge >= 0.3 is 0 Å². The van der Waals surface area contributed by atoms with Gasteiger partial charge < -0.3 is 9.80 Å². The predicted octanol–water partition coefficient (Wildman–Crippen LogP) is 2.48. The number of benzene rings is 2. The Morgan fingerprint density at radius 1 is 0.812 bits per heavy atom. The van der Waals surface area contributed by atoms with E-state index in [1.54, 1.807) is 10.7 Å². The normalized spacial score (nSPS) is 14.0. The average molecular weight is 433 g/mol. The lowest BCUT2D eigenvalue weighted by Crippen LogP contribution is -2.50. The van der Waals surface area contributed by atoms with E-state index in [1.165, 1.54) is 11.8 Å². The molecule has 0 bridgehead atoms. The van der Waals surface area contributed by atoms with Gasteiger partial charge in [0.2, 0.25) is 17.2 Å². The number of rotatable bonds is 7. The minimum atomic E-state index is -0.118. The number of nitrogens with zero attached hydrogens (tertiary/aromatic N) is 4. The van der Waals surface area contributed by atoms with Crippen LogP contribution in [0, 0.1) is 0 Å². The van der Waals surface area contributed by atoms with E-state index >= 15 is 0 Å². The van der Waals surface area contributed by atoms with Gasteiger partial charge in [0.05, 0.1) is 18.3 Å². The highest BCUT2D eigenvalue weighted by molar-refractivity contribution is 5.80. The number of aryl methyl sites for hydroxylation is 2. The number of hydrogen-bond donors (Lipinski definition) is 0. The van der Waals surface area contributed by atoms with Gasteiger partial charge in [-0.3, -0.25) is 19.1 Å². The van der Waals surface area contributed by atoms with Crippen LogP contribution in [-0.4, -0.2) is 57.6 Å². The highest BCUT2D eigenvalue weighted by atomic mass is 16.2. The Balaban J connectivity index is 1.23. The zero-order valence-corrected chi connectivity index (χ0v) is 18.2. The molecule has 32 heavy (non-hydrogen) atoms. The van der Waals surface area contributed by atoms with Crippen LogP contribution in [0.25, 0.3) is 10.9 Å². The van der Waals surface area contributed by atoms with Crippen LogP contribution < -0.4 is 5.43 Å². The molecular formula is C25H28N4O3. The molecule has 0 radical (unpaired) electrons. The number of aromatic nitrogens is 2. The first kappa shape index (κ1) is 21.7. The van der Waals surface area contributed by atoms with Crippen molar-refractivity contribution in [1.29, 1.82) is 0 Å². The second-order valence-electron chi connectivity index (χ2n) is 8.10. The van der Waals surface area contributed by atoms with Gasteiger partial charge in [0.1, 0.15) is 0 Å². The number of carbonyl (C=O) groups excluding carboxylic acids is 2. The van der Waals surface area contributed by atoms with Crippen molar-refractivity contribution < 1.29 is 9.59 Å². The largest absolute Gasteiger partial charge is 0.339 e. The van der Waals surface area contributed by atoms with E-state index in [9.17, 15) is 14.4 Å². The lowest BCUT2D eigenvalue weighted by Gasteiger charge is -2.35. The van der Waals surface area contributed by atoms with Crippen LogP contribution >= 0.6 is 0 Å². The number of para-hydroxylation sites is 1. The van der Waals surface area contributed by atoms with Crippen molar-refractivity contribution in [3.05, 3.63) is 76.6 Å². The number of hydrogen-bond acceptors (Lipinski definition) is 4. The molecule has 3 aromatic rings. The number of fused-ring (bicyclic) bond motifs is 1. The molecule has 0 atom stereocenters. The predicted molar refractivity (Wildman–Crippen MR) is 123 cm³/mol. The summed E-state index contributed by atoms with van der Waals surface area (Å²) in [6.45, 7) is 2.69. The van der Waals surface area contributed by atoms with E-state index in [0.717, 1.165) is 18.4 Å². The summed E-state index contributed by atoms with van der Waals surface area (Å²) in [5, 5.41) is 4.80. The highest BCUT2D eigenvalue weighted by Gasteiger charge is 2.23. The van der Waals surface area contributed by atoms with Gasteiger partial charge in [-0.15, -0.1) is 0 Å². The molecule has 1 fully saturated rings. The fourth-order valence-electron chi connectivity index (χ4n) is 4.15. The second kappa shape index (κ2) is 10.2. The van der Waals surface area contributed by atoms with E-state index in [1.807, 2.05) is 46.2 Å². The molecule has 166 valence electrons. The third-order valence-corrected chi connectivity index (χ3v) is 5.98. The van der Waals surface area contributed by atoms with Gasteiger partial charge in [0.15, 0.2) is 0 Å². The third kappa shape index (κ3) is 5.22. The summed E-state index contributed by atoms with van der Waals surface area (Å²) in [5.74, 6) is 0.211. The summed E-state index contributed by atoms with van der Waals surface area (Å²) in [6.07, 6.45) is 3.88. The molecule has 1 aromatic heterocycles. The molecule has 1 aliphatic heterocycles. The molecule has 0 unspecified atom stereocenters. The van der Waals surface area contributed by atoms with Crippen molar-refractivity contribution >= 4 is 22.7 Å². The standard InChI is InChI=1S/C25H28N4O3/c30-23-19-26-29(22-11-5-4-10-21(22)23)14-13-25(32)28-17-15-27(16-18-28)24(31)12-6-9-20-7-2-1-3-8-20/h1-5,7-8,10-11,19H,6,9,12-18H2. The van der Waals surface area contributed by atoms with E-state index in [-0.39, 0.29) is 17.2 Å². The topological polar surface area (TPSA) is 75.5 Å². The van der Waals surface area contributed by atoms with Crippen LogP contribution in [0.2, 0.25) is 0 Å².